The van der Waals surface area contributed by atoms with E-state index in [1.807, 2.05) is 62.4 Å². The molecule has 7 heteroatoms. The Morgan fingerprint density at radius 1 is 1.14 bits per heavy atom. The van der Waals surface area contributed by atoms with Gasteiger partial charge in [0.1, 0.15) is 17.5 Å². The molecule has 2 heterocycles. The Morgan fingerprint density at radius 2 is 1.79 bits per heavy atom. The quantitative estimate of drug-likeness (QED) is 0.792. The van der Waals surface area contributed by atoms with Crippen molar-refractivity contribution in [2.24, 2.45) is 0 Å². The largest absolute Gasteiger partial charge is 0.480 e. The first kappa shape index (κ1) is 19.5. The van der Waals surface area contributed by atoms with Crippen LogP contribution < -0.4 is 5.32 Å². The summed E-state index contributed by atoms with van der Waals surface area (Å²) in [6.45, 7) is 3.84. The Hall–Kier alpha value is -2.80. The van der Waals surface area contributed by atoms with Crippen LogP contribution in [0.15, 0.2) is 54.6 Å². The number of carbonyl (C=O) groups is 3. The zero-order chi connectivity index (χ0) is 20.8. The molecule has 6 nitrogen and oxygen atoms in total. The average Bonchev–Trinajstić information content (AvgIpc) is 3.12. The zero-order valence-electron chi connectivity index (χ0n) is 16.2. The molecule has 4 rings (SSSR count). The second-order valence-corrected chi connectivity index (χ2v) is 9.60. The molecule has 2 aliphatic rings. The molecular weight excluding hydrogens is 388 g/mol. The minimum absolute atomic E-state index is 0.180. The molecule has 0 unspecified atom stereocenters. The van der Waals surface area contributed by atoms with Crippen LogP contribution in [0, 0.1) is 0 Å². The fourth-order valence-corrected chi connectivity index (χ4v) is 5.69. The number of carbonyl (C=O) groups excluding carboxylic acids is 2. The molecule has 2 amide bonds. The molecule has 1 saturated heterocycles. The minimum Gasteiger partial charge on any atom is -0.480 e. The van der Waals surface area contributed by atoms with E-state index in [0.29, 0.717) is 5.56 Å². The number of rotatable bonds is 5. The lowest BCUT2D eigenvalue weighted by Crippen LogP contribution is -2.56. The van der Waals surface area contributed by atoms with Gasteiger partial charge >= 0.3 is 5.97 Å². The predicted molar refractivity (Wildman–Crippen MR) is 111 cm³/mol. The van der Waals surface area contributed by atoms with Gasteiger partial charge in [0.25, 0.3) is 5.91 Å². The first-order chi connectivity index (χ1) is 13.8. The van der Waals surface area contributed by atoms with Crippen LogP contribution in [0.2, 0.25) is 0 Å². The van der Waals surface area contributed by atoms with E-state index >= 15 is 0 Å². The van der Waals surface area contributed by atoms with Gasteiger partial charge in [-0.2, -0.15) is 0 Å². The van der Waals surface area contributed by atoms with Crippen LogP contribution in [0.25, 0.3) is 0 Å². The van der Waals surface area contributed by atoms with Crippen LogP contribution in [-0.2, 0) is 16.0 Å². The second-order valence-electron chi connectivity index (χ2n) is 7.87. The van der Waals surface area contributed by atoms with Crippen LogP contribution in [0.3, 0.4) is 0 Å². The standard InChI is InChI=1S/C22H22N2O4S/c1-22(2)17(24-19(26)14-10-6-7-11-15(14)20(24)29-22)18(25)23-16(21(27)28)12-13-8-4-3-5-9-13/h3-11,16-17,20H,12H2,1-2H3,(H,23,25)(H,27,28)/t16-,17-,20+/m1/s1. The number of hydrogen-bond donors (Lipinski definition) is 2. The molecule has 2 aromatic rings. The predicted octanol–water partition coefficient (Wildman–Crippen LogP) is 2.85. The van der Waals surface area contributed by atoms with Gasteiger partial charge in [0.15, 0.2) is 0 Å². The number of hydrogen-bond acceptors (Lipinski definition) is 4. The van der Waals surface area contributed by atoms with Gasteiger partial charge in [0, 0.05) is 16.7 Å². The van der Waals surface area contributed by atoms with Gasteiger partial charge in [-0.3, -0.25) is 9.59 Å². The first-order valence-corrected chi connectivity index (χ1v) is 10.3. The van der Waals surface area contributed by atoms with E-state index in [1.165, 1.54) is 0 Å². The van der Waals surface area contributed by atoms with E-state index in [9.17, 15) is 19.5 Å². The molecule has 0 spiro atoms. The van der Waals surface area contributed by atoms with Crippen molar-refractivity contribution >= 4 is 29.5 Å². The number of thioether (sulfide) groups is 1. The Labute approximate surface area is 173 Å². The Bertz CT molecular complexity index is 976. The highest BCUT2D eigenvalue weighted by Gasteiger charge is 2.57. The van der Waals surface area contributed by atoms with Crippen molar-refractivity contribution in [3.8, 4) is 0 Å². The van der Waals surface area contributed by atoms with Crippen LogP contribution in [0.4, 0.5) is 0 Å². The molecule has 0 aliphatic carbocycles. The van der Waals surface area contributed by atoms with Gasteiger partial charge in [-0.15, -0.1) is 11.8 Å². The van der Waals surface area contributed by atoms with E-state index in [0.717, 1.165) is 11.1 Å². The molecular formula is C22H22N2O4S. The maximum Gasteiger partial charge on any atom is 0.326 e. The molecule has 1 fully saturated rings. The number of fused-ring (bicyclic) bond motifs is 3. The molecule has 2 aromatic carbocycles. The highest BCUT2D eigenvalue weighted by molar-refractivity contribution is 8.01. The van der Waals surface area contributed by atoms with Crippen molar-refractivity contribution < 1.29 is 19.5 Å². The fraction of sp³-hybridized carbons (Fsp3) is 0.318. The van der Waals surface area contributed by atoms with Crippen LogP contribution >= 0.6 is 11.8 Å². The van der Waals surface area contributed by atoms with Crippen molar-refractivity contribution in [3.63, 3.8) is 0 Å². The summed E-state index contributed by atoms with van der Waals surface area (Å²) in [5, 5.41) is 12.1. The molecule has 0 saturated carbocycles. The Kier molecular flexibility index (Phi) is 4.86. The maximum absolute atomic E-state index is 13.2. The van der Waals surface area contributed by atoms with Gasteiger partial charge in [-0.1, -0.05) is 48.5 Å². The van der Waals surface area contributed by atoms with E-state index < -0.39 is 28.7 Å². The van der Waals surface area contributed by atoms with Crippen molar-refractivity contribution in [2.45, 2.75) is 42.5 Å². The Balaban J connectivity index is 1.59. The average molecular weight is 410 g/mol. The smallest absolute Gasteiger partial charge is 0.326 e. The highest BCUT2D eigenvalue weighted by atomic mass is 32.2. The summed E-state index contributed by atoms with van der Waals surface area (Å²) >= 11 is 1.56. The number of carboxylic acid groups (broad SMARTS) is 1. The van der Waals surface area contributed by atoms with E-state index in [2.05, 4.69) is 5.32 Å². The van der Waals surface area contributed by atoms with E-state index in [4.69, 9.17) is 0 Å². The zero-order valence-corrected chi connectivity index (χ0v) is 17.0. The minimum atomic E-state index is -1.10. The normalized spacial score (nSPS) is 22.7. The second kappa shape index (κ2) is 7.22. The SMILES string of the molecule is CC1(C)S[C@H]2c3ccccc3C(=O)N2[C@@H]1C(=O)N[C@H](Cc1ccccc1)C(=O)O. The molecule has 2 N–H and O–H groups in total. The molecule has 0 radical (unpaired) electrons. The van der Waals surface area contributed by atoms with Gasteiger partial charge in [0.05, 0.1) is 0 Å². The van der Waals surface area contributed by atoms with Crippen molar-refractivity contribution in [2.75, 3.05) is 0 Å². The number of aliphatic carboxylic acids is 1. The fourth-order valence-electron chi connectivity index (χ4n) is 4.11. The van der Waals surface area contributed by atoms with Crippen LogP contribution in [0.5, 0.6) is 0 Å². The third-order valence-corrected chi connectivity index (χ3v) is 6.98. The summed E-state index contributed by atoms with van der Waals surface area (Å²) in [6.07, 6.45) is 0.180. The first-order valence-electron chi connectivity index (χ1n) is 9.46. The van der Waals surface area contributed by atoms with Crippen LogP contribution in [-0.4, -0.2) is 44.6 Å². The highest BCUT2D eigenvalue weighted by Crippen LogP contribution is 2.56. The summed E-state index contributed by atoms with van der Waals surface area (Å²) in [4.78, 5) is 39.6. The lowest BCUT2D eigenvalue weighted by molar-refractivity contribution is -0.142. The van der Waals surface area contributed by atoms with E-state index in [1.54, 1.807) is 22.7 Å². The van der Waals surface area contributed by atoms with Gasteiger partial charge in [-0.05, 0) is 31.0 Å². The summed E-state index contributed by atoms with van der Waals surface area (Å²) in [5.41, 5.74) is 2.34. The lowest BCUT2D eigenvalue weighted by Gasteiger charge is -2.30. The van der Waals surface area contributed by atoms with Crippen molar-refractivity contribution in [1.29, 1.82) is 0 Å². The van der Waals surface area contributed by atoms with E-state index in [-0.39, 0.29) is 17.7 Å². The number of nitrogens with zero attached hydrogens (tertiary/aromatic N) is 1. The monoisotopic (exact) mass is 410 g/mol. The molecule has 0 bridgehead atoms. The Morgan fingerprint density at radius 3 is 2.48 bits per heavy atom. The van der Waals surface area contributed by atoms with Crippen LogP contribution in [0.1, 0.15) is 40.7 Å². The number of amides is 2. The topological polar surface area (TPSA) is 86.7 Å². The van der Waals surface area contributed by atoms with Crippen molar-refractivity contribution in [3.05, 3.63) is 71.3 Å². The van der Waals surface area contributed by atoms with Gasteiger partial charge in [-0.25, -0.2) is 4.79 Å². The summed E-state index contributed by atoms with van der Waals surface area (Å²) in [6, 6.07) is 14.7. The summed E-state index contributed by atoms with van der Waals surface area (Å²) in [5.74, 6) is -1.72. The maximum atomic E-state index is 13.2. The number of carboxylic acids is 1. The summed E-state index contributed by atoms with van der Waals surface area (Å²) in [7, 11) is 0. The molecule has 29 heavy (non-hydrogen) atoms. The molecule has 0 aromatic heterocycles. The number of benzene rings is 2. The molecule has 150 valence electrons. The number of nitrogens with one attached hydrogen (secondary N) is 1. The lowest BCUT2D eigenvalue weighted by atomic mass is 9.99. The van der Waals surface area contributed by atoms with Crippen molar-refractivity contribution in [1.82, 2.24) is 10.2 Å². The summed E-state index contributed by atoms with van der Waals surface area (Å²) < 4.78 is -0.548. The molecule has 3 atom stereocenters. The van der Waals surface area contributed by atoms with Gasteiger partial charge in [0.2, 0.25) is 5.91 Å². The third kappa shape index (κ3) is 3.40. The molecule has 2 aliphatic heterocycles. The van der Waals surface area contributed by atoms with Gasteiger partial charge < -0.3 is 15.3 Å². The third-order valence-electron chi connectivity index (χ3n) is 5.44.